The number of carboxylic acid groups (broad SMARTS) is 2. The molecule has 1 heterocycles. The molecule has 0 spiro atoms. The molecular weight excluding hydrogens is 362 g/mol. The Balaban J connectivity index is 2.44. The lowest BCUT2D eigenvalue weighted by molar-refractivity contribution is -0.140. The Morgan fingerprint density at radius 3 is 2.62 bits per heavy atom. The first kappa shape index (κ1) is 21.4. The first-order valence-corrected chi connectivity index (χ1v) is 8.93. The van der Waals surface area contributed by atoms with E-state index in [9.17, 15) is 19.2 Å². The number of aliphatic carboxylic acids is 2. The average molecular weight is 383 g/mol. The molecule has 2 atom stereocenters. The molecule has 1 rings (SSSR count). The van der Waals surface area contributed by atoms with Crippen LogP contribution in [0.25, 0.3) is 0 Å². The predicted molar refractivity (Wildman–Crippen MR) is 94.9 cm³/mol. The zero-order valence-electron chi connectivity index (χ0n) is 14.2. The fourth-order valence-corrected chi connectivity index (χ4v) is 2.96. The Morgan fingerprint density at radius 2 is 2.04 bits per heavy atom. The normalized spacial score (nSPS) is 12.7. The van der Waals surface area contributed by atoms with Crippen LogP contribution in [0, 0.1) is 6.92 Å². The van der Waals surface area contributed by atoms with E-state index in [-0.39, 0.29) is 6.42 Å². The van der Waals surface area contributed by atoms with Crippen molar-refractivity contribution in [2.24, 2.45) is 0 Å². The second-order valence-electron chi connectivity index (χ2n) is 5.50. The molecule has 0 bridgehead atoms. The fraction of sp³-hybridized carbons (Fsp3) is 0.438. The lowest BCUT2D eigenvalue weighted by Crippen LogP contribution is -2.50. The summed E-state index contributed by atoms with van der Waals surface area (Å²) >= 11 is 1.43. The van der Waals surface area contributed by atoms with E-state index in [0.717, 1.165) is 11.3 Å². The topological polar surface area (TPSA) is 146 Å². The fourth-order valence-electron chi connectivity index (χ4n) is 2.01. The van der Waals surface area contributed by atoms with Crippen LogP contribution in [0.5, 0.6) is 0 Å². The summed E-state index contributed by atoms with van der Waals surface area (Å²) < 4.78 is 0. The maximum Gasteiger partial charge on any atom is 0.326 e. The van der Waals surface area contributed by atoms with Crippen LogP contribution in [-0.2, 0) is 20.1 Å². The molecule has 0 saturated heterocycles. The van der Waals surface area contributed by atoms with E-state index in [1.807, 2.05) is 19.1 Å². The van der Waals surface area contributed by atoms with Crippen molar-refractivity contribution >= 4 is 36.0 Å². The third kappa shape index (κ3) is 8.47. The molecule has 26 heavy (non-hydrogen) atoms. The summed E-state index contributed by atoms with van der Waals surface area (Å²) in [6.07, 6.45) is 1.62. The molecule has 0 radical (unpaired) electrons. The molecular formula is C16H21N3O6S. The highest BCUT2D eigenvalue weighted by atomic mass is 32.2. The van der Waals surface area contributed by atoms with Gasteiger partial charge in [0.25, 0.3) is 0 Å². The molecule has 10 heteroatoms. The van der Waals surface area contributed by atoms with Crippen molar-refractivity contribution in [3.8, 4) is 0 Å². The van der Waals surface area contributed by atoms with Gasteiger partial charge in [0.15, 0.2) is 0 Å². The number of hydrogen-bond donors (Lipinski definition) is 4. The van der Waals surface area contributed by atoms with Gasteiger partial charge in [-0.25, -0.2) is 9.59 Å². The summed E-state index contributed by atoms with van der Waals surface area (Å²) in [5, 5.41) is 22.1. The second-order valence-corrected chi connectivity index (χ2v) is 6.53. The van der Waals surface area contributed by atoms with E-state index in [4.69, 9.17) is 10.2 Å². The predicted octanol–water partition coefficient (Wildman–Crippen LogP) is 0.808. The zero-order valence-corrected chi connectivity index (χ0v) is 15.0. The van der Waals surface area contributed by atoms with Crippen LogP contribution >= 0.6 is 11.8 Å². The third-order valence-corrected chi connectivity index (χ3v) is 4.39. The number of carbonyl (C=O) groups excluding carboxylic acids is 2. The summed E-state index contributed by atoms with van der Waals surface area (Å²) in [7, 11) is 0. The van der Waals surface area contributed by atoms with Gasteiger partial charge in [0.2, 0.25) is 0 Å². The number of rotatable bonds is 11. The van der Waals surface area contributed by atoms with E-state index in [0.29, 0.717) is 17.8 Å². The van der Waals surface area contributed by atoms with Crippen LogP contribution in [0.4, 0.5) is 4.79 Å². The Hall–Kier alpha value is -2.62. The van der Waals surface area contributed by atoms with Crippen LogP contribution in [-0.4, -0.2) is 57.3 Å². The third-order valence-electron chi connectivity index (χ3n) is 3.26. The zero-order chi connectivity index (χ0) is 19.5. The van der Waals surface area contributed by atoms with Gasteiger partial charge in [-0.05, 0) is 31.0 Å². The minimum absolute atomic E-state index is 0.250. The molecule has 2 amide bonds. The lowest BCUT2D eigenvalue weighted by atomic mass is 10.1. The standard InChI is InChI=1S/C16H21N3O6S/c1-10-6-11(4-5-17-10)8-26-9-12(7-20)18-16(25)19-13(15(23)24)2-3-14(21)22/h4-7,12-13H,2-3,8-9H2,1H3,(H,21,22)(H,23,24)(H2,18,19,25). The van der Waals surface area contributed by atoms with Crippen LogP contribution in [0.1, 0.15) is 24.1 Å². The number of pyridine rings is 1. The monoisotopic (exact) mass is 383 g/mol. The number of carbonyl (C=O) groups is 4. The summed E-state index contributed by atoms with van der Waals surface area (Å²) in [5.74, 6) is -1.56. The van der Waals surface area contributed by atoms with Crippen molar-refractivity contribution < 1.29 is 29.4 Å². The minimum Gasteiger partial charge on any atom is -0.481 e. The van der Waals surface area contributed by atoms with Crippen molar-refractivity contribution in [2.75, 3.05) is 5.75 Å². The number of aromatic nitrogens is 1. The molecule has 1 aromatic rings. The van der Waals surface area contributed by atoms with Gasteiger partial charge in [0.05, 0.1) is 6.04 Å². The van der Waals surface area contributed by atoms with Gasteiger partial charge in [-0.15, -0.1) is 0 Å². The highest BCUT2D eigenvalue weighted by molar-refractivity contribution is 7.98. The number of urea groups is 1. The summed E-state index contributed by atoms with van der Waals surface area (Å²) in [6.45, 7) is 1.87. The number of carboxylic acids is 2. The number of nitrogens with zero attached hydrogens (tertiary/aromatic N) is 1. The van der Waals surface area contributed by atoms with Gasteiger partial charge >= 0.3 is 18.0 Å². The minimum atomic E-state index is -1.34. The first-order valence-electron chi connectivity index (χ1n) is 7.78. The maximum atomic E-state index is 11.8. The van der Waals surface area contributed by atoms with Gasteiger partial charge in [-0.3, -0.25) is 9.78 Å². The van der Waals surface area contributed by atoms with Crippen LogP contribution in [0.15, 0.2) is 18.3 Å². The molecule has 142 valence electrons. The van der Waals surface area contributed by atoms with Crippen molar-refractivity contribution in [1.29, 1.82) is 0 Å². The van der Waals surface area contributed by atoms with Crippen molar-refractivity contribution in [3.05, 3.63) is 29.6 Å². The Bertz CT molecular complexity index is 655. The van der Waals surface area contributed by atoms with Gasteiger partial charge in [0.1, 0.15) is 12.3 Å². The van der Waals surface area contributed by atoms with E-state index in [1.54, 1.807) is 6.20 Å². The average Bonchev–Trinajstić information content (AvgIpc) is 2.57. The summed E-state index contributed by atoms with van der Waals surface area (Å²) in [4.78, 5) is 48.6. The van der Waals surface area contributed by atoms with Crippen LogP contribution < -0.4 is 10.6 Å². The molecule has 9 nitrogen and oxygen atoms in total. The molecule has 0 saturated carbocycles. The highest BCUT2D eigenvalue weighted by Crippen LogP contribution is 2.13. The number of aryl methyl sites for hydroxylation is 1. The first-order chi connectivity index (χ1) is 12.3. The van der Waals surface area contributed by atoms with Crippen molar-refractivity contribution in [2.45, 2.75) is 37.6 Å². The van der Waals surface area contributed by atoms with E-state index < -0.39 is 36.5 Å². The number of thioether (sulfide) groups is 1. The molecule has 0 aromatic carbocycles. The Labute approximate surface area is 154 Å². The second kappa shape index (κ2) is 11.1. The molecule has 2 unspecified atom stereocenters. The van der Waals surface area contributed by atoms with E-state index >= 15 is 0 Å². The lowest BCUT2D eigenvalue weighted by Gasteiger charge is -2.17. The van der Waals surface area contributed by atoms with E-state index in [1.165, 1.54) is 11.8 Å². The molecule has 0 aliphatic heterocycles. The highest BCUT2D eigenvalue weighted by Gasteiger charge is 2.22. The Morgan fingerprint density at radius 1 is 1.31 bits per heavy atom. The number of nitrogens with one attached hydrogen (secondary N) is 2. The SMILES string of the molecule is Cc1cc(CSCC(C=O)NC(=O)NC(CCC(=O)O)C(=O)O)ccn1. The molecule has 0 aliphatic rings. The maximum absolute atomic E-state index is 11.8. The summed E-state index contributed by atoms with van der Waals surface area (Å²) in [5.41, 5.74) is 1.92. The number of hydrogen-bond acceptors (Lipinski definition) is 6. The number of aldehydes is 1. The van der Waals surface area contributed by atoms with Gasteiger partial charge < -0.3 is 25.6 Å². The Kier molecular flexibility index (Phi) is 9.13. The van der Waals surface area contributed by atoms with Crippen LogP contribution in [0.2, 0.25) is 0 Å². The smallest absolute Gasteiger partial charge is 0.326 e. The largest absolute Gasteiger partial charge is 0.481 e. The van der Waals surface area contributed by atoms with Crippen molar-refractivity contribution in [3.63, 3.8) is 0 Å². The van der Waals surface area contributed by atoms with Crippen molar-refractivity contribution in [1.82, 2.24) is 15.6 Å². The van der Waals surface area contributed by atoms with E-state index in [2.05, 4.69) is 15.6 Å². The van der Waals surface area contributed by atoms with Gasteiger partial charge in [0, 0.05) is 29.8 Å². The van der Waals surface area contributed by atoms with Gasteiger partial charge in [-0.2, -0.15) is 11.8 Å². The van der Waals surface area contributed by atoms with Gasteiger partial charge in [-0.1, -0.05) is 0 Å². The molecule has 1 aromatic heterocycles. The number of amides is 2. The van der Waals surface area contributed by atoms with Crippen LogP contribution in [0.3, 0.4) is 0 Å². The summed E-state index contributed by atoms with van der Waals surface area (Å²) in [6, 6.07) is 0.807. The molecule has 0 aliphatic carbocycles. The molecule has 4 N–H and O–H groups in total. The quantitative estimate of drug-likeness (QED) is 0.411. The molecule has 0 fully saturated rings.